The molecule has 0 saturated carbocycles. The molecule has 1 aromatic carbocycles. The maximum absolute atomic E-state index is 11.8. The van der Waals surface area contributed by atoms with Crippen molar-refractivity contribution in [2.24, 2.45) is 5.73 Å². The molecule has 0 spiro atoms. The van der Waals surface area contributed by atoms with Crippen LogP contribution in [0.1, 0.15) is 16.8 Å². The van der Waals surface area contributed by atoms with Crippen LogP contribution < -0.4 is 10.0 Å². The highest BCUT2D eigenvalue weighted by Gasteiger charge is 2.18. The van der Waals surface area contributed by atoms with Crippen molar-refractivity contribution in [2.75, 3.05) is 24.2 Å². The average Bonchev–Trinajstić information content (AvgIpc) is 2.27. The topological polar surface area (TPSA) is 80.5 Å². The van der Waals surface area contributed by atoms with Gasteiger partial charge in [-0.25, -0.2) is 8.42 Å². The van der Waals surface area contributed by atoms with Gasteiger partial charge < -0.3 is 5.73 Å². The third-order valence-corrected chi connectivity index (χ3v) is 3.60. The van der Waals surface area contributed by atoms with Crippen LogP contribution in [0.2, 0.25) is 0 Å². The van der Waals surface area contributed by atoms with Gasteiger partial charge in [-0.05, 0) is 18.7 Å². The van der Waals surface area contributed by atoms with Crippen LogP contribution in [0, 0.1) is 0 Å². The first kappa shape index (κ1) is 13.7. The third kappa shape index (κ3) is 3.28. The van der Waals surface area contributed by atoms with Crippen molar-refractivity contribution in [1.82, 2.24) is 0 Å². The molecule has 1 rings (SSSR count). The van der Waals surface area contributed by atoms with Gasteiger partial charge in [-0.15, -0.1) is 0 Å². The van der Waals surface area contributed by atoms with Gasteiger partial charge in [0.15, 0.2) is 5.78 Å². The molecule has 94 valence electrons. The Balaban J connectivity index is 3.21. The third-order valence-electron chi connectivity index (χ3n) is 2.41. The van der Waals surface area contributed by atoms with E-state index >= 15 is 0 Å². The molecule has 5 nitrogen and oxygen atoms in total. The minimum atomic E-state index is -3.38. The predicted molar refractivity (Wildman–Crippen MR) is 67.7 cm³/mol. The normalized spacial score (nSPS) is 11.2. The van der Waals surface area contributed by atoms with Gasteiger partial charge in [-0.1, -0.05) is 12.1 Å². The summed E-state index contributed by atoms with van der Waals surface area (Å²) in [6, 6.07) is 6.60. The monoisotopic (exact) mass is 256 g/mol. The van der Waals surface area contributed by atoms with Gasteiger partial charge in [0.2, 0.25) is 10.0 Å². The number of carbonyl (C=O) groups excluding carboxylic acids is 1. The smallest absolute Gasteiger partial charge is 0.232 e. The predicted octanol–water partition coefficient (Wildman–Crippen LogP) is 0.614. The van der Waals surface area contributed by atoms with E-state index in [4.69, 9.17) is 5.73 Å². The van der Waals surface area contributed by atoms with Crippen LogP contribution >= 0.6 is 0 Å². The number of nitrogens with two attached hydrogens (primary N) is 1. The SMILES string of the molecule is CN(c1ccccc1C(=O)CCN)S(C)(=O)=O. The highest BCUT2D eigenvalue weighted by molar-refractivity contribution is 7.92. The van der Waals surface area contributed by atoms with Crippen molar-refractivity contribution < 1.29 is 13.2 Å². The minimum absolute atomic E-state index is 0.154. The second kappa shape index (κ2) is 5.29. The zero-order chi connectivity index (χ0) is 13.1. The molecule has 0 amide bonds. The molecule has 0 fully saturated rings. The molecule has 0 aliphatic carbocycles. The van der Waals surface area contributed by atoms with Crippen LogP contribution in [0.4, 0.5) is 5.69 Å². The van der Waals surface area contributed by atoms with Gasteiger partial charge in [0, 0.05) is 19.0 Å². The zero-order valence-electron chi connectivity index (χ0n) is 9.88. The summed E-state index contributed by atoms with van der Waals surface area (Å²) in [5.74, 6) is -0.154. The Morgan fingerprint density at radius 2 is 1.94 bits per heavy atom. The number of Topliss-reactive ketones (excluding diaryl/α,β-unsaturated/α-hetero) is 1. The van der Waals surface area contributed by atoms with Crippen molar-refractivity contribution in [3.63, 3.8) is 0 Å². The van der Waals surface area contributed by atoms with Crippen LogP contribution in [0.5, 0.6) is 0 Å². The van der Waals surface area contributed by atoms with Gasteiger partial charge in [0.05, 0.1) is 11.9 Å². The molecule has 0 atom stereocenters. The van der Waals surface area contributed by atoms with Crippen LogP contribution in [-0.4, -0.2) is 34.0 Å². The van der Waals surface area contributed by atoms with Crippen molar-refractivity contribution in [1.29, 1.82) is 0 Å². The number of hydrogen-bond donors (Lipinski definition) is 1. The lowest BCUT2D eigenvalue weighted by molar-refractivity contribution is 0.0986. The molecule has 0 heterocycles. The standard InChI is InChI=1S/C11H16N2O3S/c1-13(17(2,15)16)10-6-4-3-5-9(10)11(14)7-8-12/h3-6H,7-8,12H2,1-2H3. The Bertz CT molecular complexity index is 511. The van der Waals surface area contributed by atoms with Gasteiger partial charge in [0.25, 0.3) is 0 Å². The number of benzene rings is 1. The summed E-state index contributed by atoms with van der Waals surface area (Å²) in [5, 5.41) is 0. The first-order valence-corrected chi connectivity index (χ1v) is 6.99. The molecule has 2 N–H and O–H groups in total. The Morgan fingerprint density at radius 3 is 2.47 bits per heavy atom. The second-order valence-corrected chi connectivity index (χ2v) is 5.72. The lowest BCUT2D eigenvalue weighted by Crippen LogP contribution is -2.26. The van der Waals surface area contributed by atoms with E-state index in [9.17, 15) is 13.2 Å². The van der Waals surface area contributed by atoms with E-state index in [-0.39, 0.29) is 18.7 Å². The number of rotatable bonds is 5. The molecule has 0 radical (unpaired) electrons. The second-order valence-electron chi connectivity index (χ2n) is 3.71. The highest BCUT2D eigenvalue weighted by atomic mass is 32.2. The summed E-state index contributed by atoms with van der Waals surface area (Å²) in [6.07, 6.45) is 1.30. The zero-order valence-corrected chi connectivity index (χ0v) is 10.7. The van der Waals surface area contributed by atoms with E-state index in [0.29, 0.717) is 11.3 Å². The van der Waals surface area contributed by atoms with E-state index < -0.39 is 10.0 Å². The lowest BCUT2D eigenvalue weighted by atomic mass is 10.1. The first-order valence-electron chi connectivity index (χ1n) is 5.14. The Morgan fingerprint density at radius 1 is 1.35 bits per heavy atom. The fraction of sp³-hybridized carbons (Fsp3) is 0.364. The van der Waals surface area contributed by atoms with Gasteiger partial charge in [-0.2, -0.15) is 0 Å². The molecular formula is C11H16N2O3S. The maximum atomic E-state index is 11.8. The number of sulfonamides is 1. The first-order chi connectivity index (χ1) is 7.88. The molecular weight excluding hydrogens is 240 g/mol. The number of ketones is 1. The lowest BCUT2D eigenvalue weighted by Gasteiger charge is -2.19. The summed E-state index contributed by atoms with van der Waals surface area (Å²) in [7, 11) is -1.96. The van der Waals surface area contributed by atoms with Crippen LogP contribution in [0.3, 0.4) is 0 Å². The Hall–Kier alpha value is -1.40. The molecule has 0 aliphatic rings. The largest absolute Gasteiger partial charge is 0.330 e. The van der Waals surface area contributed by atoms with Crippen molar-refractivity contribution in [3.8, 4) is 0 Å². The fourth-order valence-electron chi connectivity index (χ4n) is 1.43. The van der Waals surface area contributed by atoms with E-state index in [1.54, 1.807) is 24.3 Å². The number of para-hydroxylation sites is 1. The number of nitrogens with zero attached hydrogens (tertiary/aromatic N) is 1. The summed E-state index contributed by atoms with van der Waals surface area (Å²) in [4.78, 5) is 11.8. The molecule has 0 aliphatic heterocycles. The molecule has 0 aromatic heterocycles. The summed E-state index contributed by atoms with van der Waals surface area (Å²) < 4.78 is 24.0. The minimum Gasteiger partial charge on any atom is -0.330 e. The summed E-state index contributed by atoms with van der Waals surface area (Å²) >= 11 is 0. The fourth-order valence-corrected chi connectivity index (χ4v) is 1.94. The molecule has 17 heavy (non-hydrogen) atoms. The molecule has 0 saturated heterocycles. The van der Waals surface area contributed by atoms with Crippen molar-refractivity contribution in [2.45, 2.75) is 6.42 Å². The van der Waals surface area contributed by atoms with Crippen molar-refractivity contribution in [3.05, 3.63) is 29.8 Å². The van der Waals surface area contributed by atoms with Crippen LogP contribution in [-0.2, 0) is 10.0 Å². The van der Waals surface area contributed by atoms with E-state index in [1.807, 2.05) is 0 Å². The highest BCUT2D eigenvalue weighted by Crippen LogP contribution is 2.22. The van der Waals surface area contributed by atoms with Crippen molar-refractivity contribution >= 4 is 21.5 Å². The Labute approximate surface area is 101 Å². The molecule has 0 unspecified atom stereocenters. The van der Waals surface area contributed by atoms with Crippen LogP contribution in [0.25, 0.3) is 0 Å². The number of anilines is 1. The summed E-state index contributed by atoms with van der Waals surface area (Å²) in [5.41, 5.74) is 6.09. The Kier molecular flexibility index (Phi) is 4.25. The molecule has 0 bridgehead atoms. The average molecular weight is 256 g/mol. The van der Waals surface area contributed by atoms with Gasteiger partial charge in [-0.3, -0.25) is 9.10 Å². The number of hydrogen-bond acceptors (Lipinski definition) is 4. The van der Waals surface area contributed by atoms with Gasteiger partial charge in [0.1, 0.15) is 0 Å². The number of carbonyl (C=O) groups is 1. The van der Waals surface area contributed by atoms with E-state index in [2.05, 4.69) is 0 Å². The van der Waals surface area contributed by atoms with Gasteiger partial charge >= 0.3 is 0 Å². The quantitative estimate of drug-likeness (QED) is 0.783. The van der Waals surface area contributed by atoms with E-state index in [0.717, 1.165) is 10.6 Å². The summed E-state index contributed by atoms with van der Waals surface area (Å²) in [6.45, 7) is 0.246. The molecule has 6 heteroatoms. The molecule has 1 aromatic rings. The van der Waals surface area contributed by atoms with E-state index in [1.165, 1.54) is 7.05 Å². The maximum Gasteiger partial charge on any atom is 0.232 e. The van der Waals surface area contributed by atoms with Crippen LogP contribution in [0.15, 0.2) is 24.3 Å².